The number of aryl methyl sites for hydroxylation is 1. The van der Waals surface area contributed by atoms with E-state index in [9.17, 15) is 8.42 Å². The molecule has 1 aromatic rings. The molecule has 7 heteroatoms. The molecule has 1 fully saturated rings. The molecule has 1 unspecified atom stereocenters. The lowest BCUT2D eigenvalue weighted by molar-refractivity contribution is 0.350. The van der Waals surface area contributed by atoms with Gasteiger partial charge in [-0.25, -0.2) is 8.42 Å². The van der Waals surface area contributed by atoms with Crippen LogP contribution in [-0.4, -0.2) is 32.4 Å². The fraction of sp³-hybridized carbons (Fsp3) is 0.636. The molecule has 0 amide bonds. The molecule has 0 bridgehead atoms. The molecule has 1 aliphatic heterocycles. The van der Waals surface area contributed by atoms with Crippen LogP contribution in [0.4, 0.5) is 0 Å². The summed E-state index contributed by atoms with van der Waals surface area (Å²) < 4.78 is 26.9. The summed E-state index contributed by atoms with van der Waals surface area (Å²) in [5.74, 6) is 0. The smallest absolute Gasteiger partial charge is 0.252 e. The minimum Gasteiger partial charge on any atom is -0.330 e. The summed E-state index contributed by atoms with van der Waals surface area (Å²) in [5, 5.41) is 1.82. The van der Waals surface area contributed by atoms with E-state index in [1.54, 1.807) is 4.31 Å². The van der Waals surface area contributed by atoms with Gasteiger partial charge in [-0.05, 0) is 42.3 Å². The fourth-order valence-corrected chi connectivity index (χ4v) is 5.23. The minimum absolute atomic E-state index is 0. The normalized spacial score (nSPS) is 25.1. The monoisotopic (exact) mass is 310 g/mol. The van der Waals surface area contributed by atoms with Gasteiger partial charge in [0.05, 0.1) is 0 Å². The highest BCUT2D eigenvalue weighted by molar-refractivity contribution is 7.91. The van der Waals surface area contributed by atoms with Crippen molar-refractivity contribution in [1.29, 1.82) is 0 Å². The van der Waals surface area contributed by atoms with Crippen LogP contribution in [0.25, 0.3) is 0 Å². The summed E-state index contributed by atoms with van der Waals surface area (Å²) in [6.45, 7) is 5.52. The largest absolute Gasteiger partial charge is 0.330 e. The van der Waals surface area contributed by atoms with Crippen LogP contribution in [0.1, 0.15) is 18.9 Å². The van der Waals surface area contributed by atoms with Crippen LogP contribution in [0.15, 0.2) is 15.7 Å². The molecule has 104 valence electrons. The molecule has 1 aromatic heterocycles. The maximum atomic E-state index is 12.4. The summed E-state index contributed by atoms with van der Waals surface area (Å²) in [6.07, 6.45) is 0.840. The summed E-state index contributed by atoms with van der Waals surface area (Å²) in [4.78, 5) is 0. The van der Waals surface area contributed by atoms with Crippen LogP contribution in [0.3, 0.4) is 0 Å². The summed E-state index contributed by atoms with van der Waals surface area (Å²) in [7, 11) is -3.31. The summed E-state index contributed by atoms with van der Waals surface area (Å²) in [6, 6.07) is 1.84. The average Bonchev–Trinajstić information content (AvgIpc) is 2.86. The number of nitrogens with two attached hydrogens (primary N) is 1. The first-order chi connectivity index (χ1) is 7.89. The molecule has 2 N–H and O–H groups in total. The Hall–Kier alpha value is -0.140. The summed E-state index contributed by atoms with van der Waals surface area (Å²) >= 11 is 1.29. The maximum absolute atomic E-state index is 12.4. The van der Waals surface area contributed by atoms with E-state index in [1.165, 1.54) is 11.3 Å². The first-order valence-corrected chi connectivity index (χ1v) is 7.95. The van der Waals surface area contributed by atoms with Crippen molar-refractivity contribution in [2.75, 3.05) is 19.6 Å². The zero-order chi connectivity index (χ0) is 12.7. The van der Waals surface area contributed by atoms with E-state index < -0.39 is 10.0 Å². The third kappa shape index (κ3) is 2.72. The second kappa shape index (κ2) is 5.46. The minimum atomic E-state index is -3.31. The van der Waals surface area contributed by atoms with Crippen molar-refractivity contribution < 1.29 is 8.42 Å². The Kier molecular flexibility index (Phi) is 4.83. The van der Waals surface area contributed by atoms with E-state index >= 15 is 0 Å². The summed E-state index contributed by atoms with van der Waals surface area (Å²) in [5.41, 5.74) is 6.46. The van der Waals surface area contributed by atoms with Gasteiger partial charge in [0.25, 0.3) is 10.0 Å². The van der Waals surface area contributed by atoms with Crippen LogP contribution in [-0.2, 0) is 10.0 Å². The van der Waals surface area contributed by atoms with Crippen LogP contribution in [0, 0.1) is 12.3 Å². The molecule has 0 aromatic carbocycles. The van der Waals surface area contributed by atoms with Gasteiger partial charge in [-0.3, -0.25) is 0 Å². The van der Waals surface area contributed by atoms with Gasteiger partial charge in [0.1, 0.15) is 4.21 Å². The highest BCUT2D eigenvalue weighted by Crippen LogP contribution is 2.34. The molecule has 18 heavy (non-hydrogen) atoms. The Morgan fingerprint density at radius 1 is 1.56 bits per heavy atom. The predicted molar refractivity (Wildman–Crippen MR) is 76.8 cm³/mol. The molecule has 0 saturated carbocycles. The molecule has 1 saturated heterocycles. The molecular formula is C11H19ClN2O2S2. The Labute approximate surface area is 119 Å². The number of thiophene rings is 1. The second-order valence-electron chi connectivity index (χ2n) is 4.99. The Bertz CT molecular complexity index is 515. The van der Waals surface area contributed by atoms with Crippen molar-refractivity contribution >= 4 is 33.8 Å². The lowest BCUT2D eigenvalue weighted by Gasteiger charge is -2.22. The van der Waals surface area contributed by atoms with E-state index in [0.717, 1.165) is 12.0 Å². The average molecular weight is 311 g/mol. The van der Waals surface area contributed by atoms with Crippen molar-refractivity contribution in [2.45, 2.75) is 24.5 Å². The molecular weight excluding hydrogens is 292 g/mol. The van der Waals surface area contributed by atoms with E-state index in [1.807, 2.05) is 25.3 Å². The van der Waals surface area contributed by atoms with Gasteiger partial charge in [0.15, 0.2) is 0 Å². The molecule has 0 radical (unpaired) electrons. The van der Waals surface area contributed by atoms with Gasteiger partial charge < -0.3 is 5.73 Å². The van der Waals surface area contributed by atoms with E-state index in [2.05, 4.69) is 0 Å². The van der Waals surface area contributed by atoms with E-state index in [0.29, 0.717) is 23.8 Å². The van der Waals surface area contributed by atoms with Crippen LogP contribution < -0.4 is 5.73 Å². The predicted octanol–water partition coefficient (Wildman–Crippen LogP) is 1.84. The van der Waals surface area contributed by atoms with Crippen molar-refractivity contribution in [3.05, 3.63) is 17.0 Å². The zero-order valence-electron chi connectivity index (χ0n) is 10.5. The Morgan fingerprint density at radius 2 is 2.22 bits per heavy atom. The van der Waals surface area contributed by atoms with Crippen molar-refractivity contribution in [3.63, 3.8) is 0 Å². The van der Waals surface area contributed by atoms with Crippen LogP contribution in [0.5, 0.6) is 0 Å². The number of hydrogen-bond donors (Lipinski definition) is 1. The lowest BCUT2D eigenvalue weighted by Crippen LogP contribution is -2.34. The number of hydrogen-bond acceptors (Lipinski definition) is 4. The molecule has 2 rings (SSSR count). The van der Waals surface area contributed by atoms with Crippen LogP contribution >= 0.6 is 23.7 Å². The second-order valence-corrected chi connectivity index (χ2v) is 8.04. The number of halogens is 1. The highest BCUT2D eigenvalue weighted by Gasteiger charge is 2.39. The SMILES string of the molecule is Cc1ccsc1S(=O)(=O)N1CCC(C)(CN)C1.Cl. The molecule has 0 aliphatic carbocycles. The first kappa shape index (κ1) is 15.9. The molecule has 4 nitrogen and oxygen atoms in total. The Morgan fingerprint density at radius 3 is 2.67 bits per heavy atom. The third-order valence-electron chi connectivity index (χ3n) is 3.40. The number of nitrogens with zero attached hydrogens (tertiary/aromatic N) is 1. The van der Waals surface area contributed by atoms with E-state index in [-0.39, 0.29) is 17.8 Å². The quantitative estimate of drug-likeness (QED) is 0.926. The maximum Gasteiger partial charge on any atom is 0.252 e. The van der Waals surface area contributed by atoms with Crippen LogP contribution in [0.2, 0.25) is 0 Å². The zero-order valence-corrected chi connectivity index (χ0v) is 13.0. The molecule has 2 heterocycles. The third-order valence-corrected chi connectivity index (χ3v) is 6.92. The fourth-order valence-electron chi connectivity index (χ4n) is 2.09. The van der Waals surface area contributed by atoms with Gasteiger partial charge >= 0.3 is 0 Å². The molecule has 1 atom stereocenters. The van der Waals surface area contributed by atoms with Gasteiger partial charge in [0, 0.05) is 13.1 Å². The van der Waals surface area contributed by atoms with Crippen molar-refractivity contribution in [3.8, 4) is 0 Å². The van der Waals surface area contributed by atoms with Gasteiger partial charge in [-0.1, -0.05) is 6.92 Å². The molecule has 0 spiro atoms. The standard InChI is InChI=1S/C11H18N2O2S2.ClH/c1-9-3-6-16-10(9)17(14,15)13-5-4-11(2,7-12)8-13;/h3,6H,4-5,7-8,12H2,1-2H3;1H. The topological polar surface area (TPSA) is 63.4 Å². The highest BCUT2D eigenvalue weighted by atomic mass is 35.5. The number of sulfonamides is 1. The van der Waals surface area contributed by atoms with Gasteiger partial charge in [-0.15, -0.1) is 23.7 Å². The van der Waals surface area contributed by atoms with E-state index in [4.69, 9.17) is 5.73 Å². The first-order valence-electron chi connectivity index (χ1n) is 5.63. The van der Waals surface area contributed by atoms with Gasteiger partial charge in [0.2, 0.25) is 0 Å². The van der Waals surface area contributed by atoms with Gasteiger partial charge in [-0.2, -0.15) is 4.31 Å². The Balaban J connectivity index is 0.00000162. The van der Waals surface area contributed by atoms with Crippen molar-refractivity contribution in [2.24, 2.45) is 11.1 Å². The number of rotatable bonds is 3. The molecule has 1 aliphatic rings. The lowest BCUT2D eigenvalue weighted by atomic mass is 9.90. The van der Waals surface area contributed by atoms with Crippen molar-refractivity contribution in [1.82, 2.24) is 4.31 Å².